The molecule has 0 atom stereocenters. The Kier molecular flexibility index (Phi) is 4.64. The van der Waals surface area contributed by atoms with Gasteiger partial charge in [0.05, 0.1) is 19.0 Å². The summed E-state index contributed by atoms with van der Waals surface area (Å²) in [4.78, 5) is 9.31. The highest BCUT2D eigenvalue weighted by Gasteiger charge is 2.35. The van der Waals surface area contributed by atoms with Crippen molar-refractivity contribution >= 4 is 11.4 Å². The molecule has 150 valence electrons. The van der Waals surface area contributed by atoms with Crippen molar-refractivity contribution in [3.8, 4) is 11.6 Å². The quantitative estimate of drug-likeness (QED) is 0.802. The topological polar surface area (TPSA) is 37.8 Å². The zero-order chi connectivity index (χ0) is 20.1. The fraction of sp³-hybridized carbons (Fsp3) is 0.522. The Hall–Kier alpha value is -2.43. The maximum absolute atomic E-state index is 6.28. The number of hydrogen-bond donors (Lipinski definition) is 0. The molecule has 1 fully saturated rings. The fourth-order valence-corrected chi connectivity index (χ4v) is 4.60. The number of piperazine rings is 1. The van der Waals surface area contributed by atoms with Crippen LogP contribution in [0.1, 0.15) is 36.1 Å². The molecule has 0 spiro atoms. The summed E-state index contributed by atoms with van der Waals surface area (Å²) in [5, 5.41) is 0. The molecule has 5 nitrogen and oxygen atoms in total. The molecule has 0 unspecified atom stereocenters. The molecular weight excluding hydrogens is 350 g/mol. The molecule has 1 saturated heterocycles. The van der Waals surface area contributed by atoms with Crippen molar-refractivity contribution in [2.75, 3.05) is 43.1 Å². The van der Waals surface area contributed by atoms with Crippen LogP contribution in [-0.2, 0) is 6.42 Å². The van der Waals surface area contributed by atoms with Gasteiger partial charge in [-0.25, -0.2) is 4.98 Å². The molecular formula is C23H31N3O2. The van der Waals surface area contributed by atoms with E-state index < -0.39 is 0 Å². The monoisotopic (exact) mass is 381 g/mol. The standard InChI is InChI=1S/C23H31N3O2/c1-15-16(2)22-19(13-23(4,5)28-22)17(3)21(15)26-11-9-25(10-12-26)18-7-8-20(27-6)24-14-18/h7-8,14H,9-13H2,1-6H3. The Bertz CT molecular complexity index is 882. The smallest absolute Gasteiger partial charge is 0.213 e. The van der Waals surface area contributed by atoms with Gasteiger partial charge in [-0.2, -0.15) is 0 Å². The van der Waals surface area contributed by atoms with E-state index >= 15 is 0 Å². The minimum atomic E-state index is -0.108. The number of aromatic nitrogens is 1. The average Bonchev–Trinajstić information content (AvgIpc) is 3.03. The Morgan fingerprint density at radius 3 is 2.25 bits per heavy atom. The van der Waals surface area contributed by atoms with Gasteiger partial charge in [-0.15, -0.1) is 0 Å². The predicted octanol–water partition coefficient (Wildman–Crippen LogP) is 4.06. The van der Waals surface area contributed by atoms with Crippen molar-refractivity contribution in [3.63, 3.8) is 0 Å². The first-order valence-electron chi connectivity index (χ1n) is 10.1. The number of pyridine rings is 1. The lowest BCUT2D eigenvalue weighted by atomic mass is 9.92. The van der Waals surface area contributed by atoms with Gasteiger partial charge in [0.25, 0.3) is 0 Å². The molecule has 3 heterocycles. The maximum atomic E-state index is 6.28. The second-order valence-electron chi connectivity index (χ2n) is 8.60. The molecule has 1 aromatic heterocycles. The van der Waals surface area contributed by atoms with Crippen LogP contribution < -0.4 is 19.3 Å². The van der Waals surface area contributed by atoms with Crippen LogP contribution in [0.3, 0.4) is 0 Å². The molecule has 0 N–H and O–H groups in total. The lowest BCUT2D eigenvalue weighted by Gasteiger charge is -2.39. The highest BCUT2D eigenvalue weighted by Crippen LogP contribution is 2.45. The number of hydrogen-bond acceptors (Lipinski definition) is 5. The van der Waals surface area contributed by atoms with Crippen molar-refractivity contribution in [2.45, 2.75) is 46.6 Å². The molecule has 2 aromatic rings. The van der Waals surface area contributed by atoms with E-state index in [1.165, 1.54) is 27.9 Å². The summed E-state index contributed by atoms with van der Waals surface area (Å²) >= 11 is 0. The molecule has 0 saturated carbocycles. The van der Waals surface area contributed by atoms with Gasteiger partial charge in [-0.05, 0) is 57.4 Å². The third-order valence-corrected chi connectivity index (χ3v) is 6.21. The van der Waals surface area contributed by atoms with Gasteiger partial charge in [0, 0.05) is 49.9 Å². The average molecular weight is 382 g/mol. The lowest BCUT2D eigenvalue weighted by molar-refractivity contribution is 0.137. The van der Waals surface area contributed by atoms with Gasteiger partial charge in [0.1, 0.15) is 11.4 Å². The largest absolute Gasteiger partial charge is 0.487 e. The number of ether oxygens (including phenoxy) is 2. The molecule has 28 heavy (non-hydrogen) atoms. The summed E-state index contributed by atoms with van der Waals surface area (Å²) < 4.78 is 11.5. The van der Waals surface area contributed by atoms with Crippen molar-refractivity contribution in [2.24, 2.45) is 0 Å². The zero-order valence-electron chi connectivity index (χ0n) is 17.9. The number of fused-ring (bicyclic) bond motifs is 1. The van der Waals surface area contributed by atoms with Crippen LogP contribution in [0.25, 0.3) is 0 Å². The van der Waals surface area contributed by atoms with E-state index in [1.54, 1.807) is 7.11 Å². The van der Waals surface area contributed by atoms with Gasteiger partial charge < -0.3 is 19.3 Å². The van der Waals surface area contributed by atoms with Crippen molar-refractivity contribution in [1.29, 1.82) is 0 Å². The van der Waals surface area contributed by atoms with Crippen molar-refractivity contribution in [1.82, 2.24) is 4.98 Å². The van der Waals surface area contributed by atoms with Crippen molar-refractivity contribution < 1.29 is 9.47 Å². The van der Waals surface area contributed by atoms with E-state index in [1.807, 2.05) is 12.3 Å². The van der Waals surface area contributed by atoms with Crippen LogP contribution in [0.4, 0.5) is 11.4 Å². The van der Waals surface area contributed by atoms with Crippen LogP contribution in [0.5, 0.6) is 11.6 Å². The van der Waals surface area contributed by atoms with E-state index in [9.17, 15) is 0 Å². The number of methoxy groups -OCH3 is 1. The summed E-state index contributed by atoms with van der Waals surface area (Å²) in [7, 11) is 1.65. The highest BCUT2D eigenvalue weighted by atomic mass is 16.5. The molecule has 1 aromatic carbocycles. The van der Waals surface area contributed by atoms with Gasteiger partial charge in [0.15, 0.2) is 0 Å². The molecule has 2 aliphatic heterocycles. The molecule has 0 radical (unpaired) electrons. The number of rotatable bonds is 3. The predicted molar refractivity (Wildman–Crippen MR) is 114 cm³/mol. The third kappa shape index (κ3) is 3.17. The second-order valence-corrected chi connectivity index (χ2v) is 8.60. The van der Waals surface area contributed by atoms with Gasteiger partial charge in [-0.3, -0.25) is 0 Å². The van der Waals surface area contributed by atoms with Gasteiger partial charge in [0.2, 0.25) is 5.88 Å². The van der Waals surface area contributed by atoms with Crippen molar-refractivity contribution in [3.05, 3.63) is 40.6 Å². The second kappa shape index (κ2) is 6.87. The SMILES string of the molecule is COc1ccc(N2CCN(c3c(C)c(C)c4c(c3C)CC(C)(C)O4)CC2)cn1. The van der Waals surface area contributed by atoms with Crippen LogP contribution in [0, 0.1) is 20.8 Å². The summed E-state index contributed by atoms with van der Waals surface area (Å²) in [6, 6.07) is 4.03. The molecule has 2 aliphatic rings. The molecule has 0 bridgehead atoms. The Labute approximate surface area is 168 Å². The first-order chi connectivity index (χ1) is 13.3. The summed E-state index contributed by atoms with van der Waals surface area (Å²) in [6.45, 7) is 15.1. The number of anilines is 2. The van der Waals surface area contributed by atoms with Crippen LogP contribution >= 0.6 is 0 Å². The fourth-order valence-electron chi connectivity index (χ4n) is 4.60. The summed E-state index contributed by atoms with van der Waals surface area (Å²) in [5.41, 5.74) is 7.90. The minimum absolute atomic E-state index is 0.108. The number of nitrogens with zero attached hydrogens (tertiary/aromatic N) is 3. The highest BCUT2D eigenvalue weighted by molar-refractivity contribution is 5.70. The van der Waals surface area contributed by atoms with Gasteiger partial charge >= 0.3 is 0 Å². The van der Waals surface area contributed by atoms with E-state index in [2.05, 4.69) is 55.5 Å². The Morgan fingerprint density at radius 2 is 1.64 bits per heavy atom. The van der Waals surface area contributed by atoms with E-state index in [0.717, 1.165) is 44.0 Å². The lowest BCUT2D eigenvalue weighted by Crippen LogP contribution is -2.47. The Balaban J connectivity index is 1.56. The summed E-state index contributed by atoms with van der Waals surface area (Å²) in [6.07, 6.45) is 2.89. The van der Waals surface area contributed by atoms with E-state index in [0.29, 0.717) is 5.88 Å². The minimum Gasteiger partial charge on any atom is -0.487 e. The maximum Gasteiger partial charge on any atom is 0.213 e. The van der Waals surface area contributed by atoms with Crippen LogP contribution in [-0.4, -0.2) is 43.9 Å². The first-order valence-corrected chi connectivity index (χ1v) is 10.1. The van der Waals surface area contributed by atoms with E-state index in [4.69, 9.17) is 9.47 Å². The van der Waals surface area contributed by atoms with E-state index in [-0.39, 0.29) is 5.60 Å². The molecule has 0 aliphatic carbocycles. The van der Waals surface area contributed by atoms with Gasteiger partial charge in [-0.1, -0.05) is 0 Å². The Morgan fingerprint density at radius 1 is 0.964 bits per heavy atom. The first kappa shape index (κ1) is 18.9. The summed E-state index contributed by atoms with van der Waals surface area (Å²) in [5.74, 6) is 1.78. The van der Waals surface area contributed by atoms with Crippen LogP contribution in [0.15, 0.2) is 18.3 Å². The normalized spacial score (nSPS) is 18.1. The molecule has 0 amide bonds. The number of benzene rings is 1. The third-order valence-electron chi connectivity index (χ3n) is 6.21. The molecule has 5 heteroatoms. The molecule has 4 rings (SSSR count). The zero-order valence-corrected chi connectivity index (χ0v) is 17.9. The van der Waals surface area contributed by atoms with Crippen LogP contribution in [0.2, 0.25) is 0 Å².